The average Bonchev–Trinajstić information content (AvgIpc) is 3.01. The number of hydrogen-bond donors (Lipinski definition) is 4. The molecule has 2 rings (SSSR count). The van der Waals surface area contributed by atoms with Gasteiger partial charge in [-0.05, 0) is 29.9 Å². The molecule has 0 radical (unpaired) electrons. The molecule has 13 heteroatoms. The Kier molecular flexibility index (Phi) is 15.7. The summed E-state index contributed by atoms with van der Waals surface area (Å²) in [6, 6.07) is 15.1. The Morgan fingerprint density at radius 3 is 1.96 bits per heavy atom. The van der Waals surface area contributed by atoms with Crippen molar-refractivity contribution < 1.29 is 47.0 Å². The monoisotopic (exact) mass is 663 g/mol. The summed E-state index contributed by atoms with van der Waals surface area (Å²) in [5.74, 6) is -5.48. The number of rotatable bonds is 20. The Morgan fingerprint density at radius 2 is 1.43 bits per heavy atom. The van der Waals surface area contributed by atoms with Gasteiger partial charge in [-0.1, -0.05) is 81.4 Å². The van der Waals surface area contributed by atoms with Crippen LogP contribution in [0.5, 0.6) is 0 Å². The molecule has 258 valence electrons. The van der Waals surface area contributed by atoms with Crippen molar-refractivity contribution in [3.63, 3.8) is 0 Å². The van der Waals surface area contributed by atoms with Crippen LogP contribution in [0.2, 0.25) is 0 Å². The predicted molar refractivity (Wildman–Crippen MR) is 167 cm³/mol. The molecule has 3 amide bonds. The second-order valence-corrected chi connectivity index (χ2v) is 12.0. The van der Waals surface area contributed by atoms with Gasteiger partial charge in [0.1, 0.15) is 6.61 Å². The van der Waals surface area contributed by atoms with E-state index in [2.05, 4.69) is 10.6 Å². The molecule has 2 aromatic rings. The average molecular weight is 664 g/mol. The number of Topliss-reactive ketones (excluding diaryl/α,β-unsaturated/α-hetero) is 2. The van der Waals surface area contributed by atoms with Crippen LogP contribution in [0.3, 0.4) is 0 Å². The van der Waals surface area contributed by atoms with Gasteiger partial charge in [0.25, 0.3) is 0 Å². The topological polar surface area (TPSA) is 165 Å². The van der Waals surface area contributed by atoms with E-state index < -0.39 is 79.0 Å². The van der Waals surface area contributed by atoms with Gasteiger partial charge in [0, 0.05) is 31.1 Å². The summed E-state index contributed by atoms with van der Waals surface area (Å²) in [6.07, 6.45) is -9.64. The summed E-state index contributed by atoms with van der Waals surface area (Å²) < 4.78 is 45.2. The number of nitrogens with one attached hydrogen (secondary N) is 2. The highest BCUT2D eigenvalue weighted by Crippen LogP contribution is 2.25. The van der Waals surface area contributed by atoms with Crippen molar-refractivity contribution in [3.8, 4) is 0 Å². The van der Waals surface area contributed by atoms with Crippen LogP contribution in [0, 0.1) is 17.8 Å². The van der Waals surface area contributed by atoms with Gasteiger partial charge in [-0.2, -0.15) is 13.2 Å². The minimum Gasteiger partial charge on any atom is -0.382 e. The Bertz CT molecular complexity index is 1320. The van der Waals surface area contributed by atoms with E-state index in [0.29, 0.717) is 5.56 Å². The molecule has 0 aliphatic rings. The summed E-state index contributed by atoms with van der Waals surface area (Å²) in [5, 5.41) is 14.6. The van der Waals surface area contributed by atoms with Crippen molar-refractivity contribution in [3.05, 3.63) is 71.8 Å². The van der Waals surface area contributed by atoms with Gasteiger partial charge in [0.05, 0.1) is 18.7 Å². The first kappa shape index (κ1) is 39.1. The zero-order valence-corrected chi connectivity index (χ0v) is 26.8. The molecule has 0 saturated carbocycles. The molecule has 0 fully saturated rings. The Balaban J connectivity index is 2.12. The number of aliphatic hydroxyl groups is 1. The van der Waals surface area contributed by atoms with Crippen LogP contribution < -0.4 is 16.4 Å². The van der Waals surface area contributed by atoms with Gasteiger partial charge < -0.3 is 26.2 Å². The van der Waals surface area contributed by atoms with Crippen molar-refractivity contribution in [2.75, 3.05) is 6.61 Å². The van der Waals surface area contributed by atoms with E-state index in [1.165, 1.54) is 6.92 Å². The largest absolute Gasteiger partial charge is 0.416 e. The zero-order chi connectivity index (χ0) is 35.1. The molecule has 2 unspecified atom stereocenters. The summed E-state index contributed by atoms with van der Waals surface area (Å²) >= 11 is 0. The smallest absolute Gasteiger partial charge is 0.382 e. The van der Waals surface area contributed by atoms with Crippen LogP contribution in [-0.4, -0.2) is 65.4 Å². The summed E-state index contributed by atoms with van der Waals surface area (Å²) in [6.45, 7) is 4.89. The molecular formula is C34H44F3N3O7. The van der Waals surface area contributed by atoms with Crippen molar-refractivity contribution in [2.24, 2.45) is 23.5 Å². The van der Waals surface area contributed by atoms with Gasteiger partial charge in [0.2, 0.25) is 17.7 Å². The summed E-state index contributed by atoms with van der Waals surface area (Å²) in [4.78, 5) is 63.7. The van der Waals surface area contributed by atoms with E-state index in [9.17, 15) is 42.3 Å². The first-order chi connectivity index (χ1) is 22.1. The molecule has 0 aliphatic heterocycles. The highest BCUT2D eigenvalue weighted by molar-refractivity contribution is 5.94. The van der Waals surface area contributed by atoms with Crippen LogP contribution in [0.25, 0.3) is 0 Å². The third kappa shape index (κ3) is 14.1. The van der Waals surface area contributed by atoms with Crippen molar-refractivity contribution in [1.29, 1.82) is 0 Å². The molecule has 47 heavy (non-hydrogen) atoms. The predicted octanol–water partition coefficient (Wildman–Crippen LogP) is 3.43. The van der Waals surface area contributed by atoms with Crippen molar-refractivity contribution in [2.45, 2.75) is 83.8 Å². The lowest BCUT2D eigenvalue weighted by molar-refractivity contribution is -0.213. The van der Waals surface area contributed by atoms with Crippen LogP contribution in [0.15, 0.2) is 60.7 Å². The third-order valence-electron chi connectivity index (χ3n) is 7.65. The highest BCUT2D eigenvalue weighted by atomic mass is 19.4. The maximum Gasteiger partial charge on any atom is 0.416 e. The fraction of sp³-hybridized carbons (Fsp3) is 0.500. The number of alkyl halides is 3. The quantitative estimate of drug-likeness (QED) is 0.169. The van der Waals surface area contributed by atoms with Gasteiger partial charge in [-0.15, -0.1) is 0 Å². The summed E-state index contributed by atoms with van der Waals surface area (Å²) in [5.41, 5.74) is 6.63. The van der Waals surface area contributed by atoms with E-state index in [-0.39, 0.29) is 37.8 Å². The minimum absolute atomic E-state index is 0.0622. The lowest BCUT2D eigenvalue weighted by Crippen LogP contribution is -2.52. The van der Waals surface area contributed by atoms with Gasteiger partial charge in [-0.3, -0.25) is 24.0 Å². The van der Waals surface area contributed by atoms with Gasteiger partial charge in [0.15, 0.2) is 17.7 Å². The van der Waals surface area contributed by atoms with E-state index in [4.69, 9.17) is 10.5 Å². The number of benzene rings is 2. The first-order valence-corrected chi connectivity index (χ1v) is 15.4. The molecule has 0 aliphatic carbocycles. The van der Waals surface area contributed by atoms with Gasteiger partial charge >= 0.3 is 6.18 Å². The Morgan fingerprint density at radius 1 is 0.851 bits per heavy atom. The summed E-state index contributed by atoms with van der Waals surface area (Å²) in [7, 11) is 0. The number of amides is 3. The van der Waals surface area contributed by atoms with Gasteiger partial charge in [-0.25, -0.2) is 0 Å². The van der Waals surface area contributed by atoms with E-state index in [0.717, 1.165) is 5.56 Å². The number of carbonyl (C=O) groups is 5. The molecule has 0 spiro atoms. The van der Waals surface area contributed by atoms with Crippen LogP contribution in [0.1, 0.15) is 57.6 Å². The minimum atomic E-state index is -5.08. The maximum atomic E-state index is 13.5. The van der Waals surface area contributed by atoms with Crippen molar-refractivity contribution >= 4 is 29.3 Å². The lowest BCUT2D eigenvalue weighted by atomic mass is 9.88. The van der Waals surface area contributed by atoms with Crippen LogP contribution in [0.4, 0.5) is 13.2 Å². The Hall–Kier alpha value is -4.10. The Labute approximate surface area is 272 Å². The SMILES string of the molecule is CC(C)[C@H](CC(=O)COCc1ccccc1)C(=O)N[C@@H](Cc1ccccc1)C(=O)C[C@@H](C)C(=O)NC(CCC(N)=O)C(O)C(F)(F)F. The number of aliphatic hydroxyl groups excluding tert-OH is 1. The number of ether oxygens (including phenoxy) is 1. The molecule has 0 aromatic heterocycles. The first-order valence-electron chi connectivity index (χ1n) is 15.4. The van der Waals surface area contributed by atoms with E-state index in [1.54, 1.807) is 44.2 Å². The molecule has 0 saturated heterocycles. The molecule has 2 aromatic carbocycles. The highest BCUT2D eigenvalue weighted by Gasteiger charge is 2.44. The number of carbonyl (C=O) groups excluding carboxylic acids is 5. The molecule has 0 heterocycles. The number of hydrogen-bond acceptors (Lipinski definition) is 7. The fourth-order valence-corrected chi connectivity index (χ4v) is 4.86. The molecule has 0 bridgehead atoms. The number of primary amides is 1. The van der Waals surface area contributed by atoms with Crippen LogP contribution in [-0.2, 0) is 41.7 Å². The normalized spacial score (nSPS) is 14.8. The number of nitrogens with two attached hydrogens (primary N) is 1. The third-order valence-corrected chi connectivity index (χ3v) is 7.65. The molecule has 5 atom stereocenters. The molecule has 10 nitrogen and oxygen atoms in total. The molecular weight excluding hydrogens is 619 g/mol. The molecule has 5 N–H and O–H groups in total. The second-order valence-electron chi connectivity index (χ2n) is 12.0. The maximum absolute atomic E-state index is 13.5. The standard InChI is InChI=1S/C34H44F3N3O7/c1-21(2)26(18-25(41)20-47-19-24-12-8-5-9-13-24)33(46)40-28(17-23-10-6-4-7-11-23)29(42)16-22(3)32(45)39-27(14-15-30(38)43)31(44)34(35,36)37/h4-13,21-22,26-28,31,44H,14-20H2,1-3H3,(H2,38,43)(H,39,45)(H,40,46)/t22-,26+,27?,28+,31?/m1/s1. The number of halogens is 3. The fourth-order valence-electron chi connectivity index (χ4n) is 4.86. The van der Waals surface area contributed by atoms with E-state index >= 15 is 0 Å². The van der Waals surface area contributed by atoms with E-state index in [1.807, 2.05) is 30.3 Å². The second kappa shape index (κ2) is 18.9. The van der Waals surface area contributed by atoms with Crippen LogP contribution >= 0.6 is 0 Å². The number of ketones is 2. The van der Waals surface area contributed by atoms with Crippen molar-refractivity contribution in [1.82, 2.24) is 10.6 Å². The zero-order valence-electron chi connectivity index (χ0n) is 26.8. The lowest BCUT2D eigenvalue weighted by Gasteiger charge is -2.27.